The molecule has 0 rings (SSSR count). The van der Waals surface area contributed by atoms with E-state index in [4.69, 9.17) is 13.3 Å². The topological polar surface area (TPSA) is 56.8 Å². The highest BCUT2D eigenvalue weighted by Gasteiger charge is 2.46. The summed E-state index contributed by atoms with van der Waals surface area (Å²) >= 11 is 0. The quantitative estimate of drug-likeness (QED) is 0.494. The maximum absolute atomic E-state index is 11.5. The Morgan fingerprint density at radius 3 is 1.89 bits per heavy atom. The molecule has 0 atom stereocenters. The van der Waals surface area contributed by atoms with Crippen molar-refractivity contribution in [2.75, 3.05) is 19.8 Å². The lowest BCUT2D eigenvalue weighted by Crippen LogP contribution is -2.55. The van der Waals surface area contributed by atoms with E-state index < -0.39 is 14.3 Å². The number of hydrogen-bond donors (Lipinski definition) is 1. The molecule has 0 radical (unpaired) electrons. The van der Waals surface area contributed by atoms with Gasteiger partial charge in [-0.2, -0.15) is 0 Å². The van der Waals surface area contributed by atoms with Crippen LogP contribution in [0.4, 0.5) is 0 Å². The Hall–Kier alpha value is -0.693. The Bertz CT molecular complexity index is 277. The van der Waals surface area contributed by atoms with Gasteiger partial charge in [0.1, 0.15) is 0 Å². The van der Waals surface area contributed by atoms with Crippen molar-refractivity contribution in [1.29, 1.82) is 0 Å². The predicted octanol–water partition coefficient (Wildman–Crippen LogP) is 2.12. The zero-order valence-electron chi connectivity index (χ0n) is 12.7. The third-order valence-corrected chi connectivity index (χ3v) is 5.90. The fourth-order valence-electron chi connectivity index (χ4n) is 1.91. The molecule has 1 N–H and O–H groups in total. The number of carbonyl (C=O) groups excluding carboxylic acids is 1. The van der Waals surface area contributed by atoms with Crippen LogP contribution in [0.15, 0.2) is 12.7 Å². The molecule has 0 aliphatic heterocycles. The van der Waals surface area contributed by atoms with Crippen LogP contribution in [0.3, 0.4) is 0 Å². The lowest BCUT2D eigenvalue weighted by atomic mass is 10.1. The molecule has 0 heterocycles. The monoisotopic (exact) mass is 289 g/mol. The van der Waals surface area contributed by atoms with Crippen molar-refractivity contribution >= 4 is 14.7 Å². The first-order valence-electron chi connectivity index (χ1n) is 6.71. The molecule has 0 aliphatic rings. The van der Waals surface area contributed by atoms with Gasteiger partial charge in [-0.05, 0) is 40.7 Å². The second kappa shape index (κ2) is 8.47. The van der Waals surface area contributed by atoms with Crippen LogP contribution in [0.5, 0.6) is 0 Å². The molecule has 0 aliphatic carbocycles. The zero-order valence-corrected chi connectivity index (χ0v) is 13.7. The van der Waals surface area contributed by atoms with E-state index in [0.29, 0.717) is 25.9 Å². The van der Waals surface area contributed by atoms with Gasteiger partial charge in [0, 0.05) is 31.4 Å². The van der Waals surface area contributed by atoms with Crippen molar-refractivity contribution in [1.82, 2.24) is 5.32 Å². The van der Waals surface area contributed by atoms with Gasteiger partial charge >= 0.3 is 8.80 Å². The molecule has 6 heteroatoms. The Kier molecular flexibility index (Phi) is 8.16. The van der Waals surface area contributed by atoms with E-state index >= 15 is 0 Å². The van der Waals surface area contributed by atoms with Gasteiger partial charge in [0.2, 0.25) is 5.91 Å². The predicted molar refractivity (Wildman–Crippen MR) is 77.9 cm³/mol. The summed E-state index contributed by atoms with van der Waals surface area (Å²) < 4.78 is 17.3. The first kappa shape index (κ1) is 18.3. The molecule has 112 valence electrons. The van der Waals surface area contributed by atoms with Gasteiger partial charge in [-0.1, -0.05) is 6.58 Å². The Morgan fingerprint density at radius 1 is 1.16 bits per heavy atom. The van der Waals surface area contributed by atoms with Crippen molar-refractivity contribution in [3.8, 4) is 0 Å². The molecule has 19 heavy (non-hydrogen) atoms. The van der Waals surface area contributed by atoms with Gasteiger partial charge in [0.05, 0.1) is 0 Å². The highest BCUT2D eigenvalue weighted by atomic mass is 28.4. The van der Waals surface area contributed by atoms with Gasteiger partial charge in [0.15, 0.2) is 0 Å². The van der Waals surface area contributed by atoms with E-state index in [1.807, 2.05) is 34.6 Å². The second-order valence-electron chi connectivity index (χ2n) is 4.74. The number of amides is 1. The van der Waals surface area contributed by atoms with Crippen molar-refractivity contribution in [2.24, 2.45) is 0 Å². The van der Waals surface area contributed by atoms with Gasteiger partial charge < -0.3 is 18.6 Å². The molecule has 0 aromatic rings. The fourth-order valence-corrected chi connectivity index (χ4v) is 4.95. The normalized spacial score (nSPS) is 12.3. The number of rotatable bonds is 10. The fraction of sp³-hybridized carbons (Fsp3) is 0.769. The van der Waals surface area contributed by atoms with Crippen LogP contribution in [0, 0.1) is 0 Å². The molecule has 0 unspecified atom stereocenters. The zero-order chi connectivity index (χ0) is 14.9. The van der Waals surface area contributed by atoms with E-state index in [-0.39, 0.29) is 5.91 Å². The SMILES string of the molecule is C=CC(=O)NC(C)(C)C[Si](OCC)(OCC)OCC. The van der Waals surface area contributed by atoms with Crippen molar-refractivity contribution in [3.63, 3.8) is 0 Å². The van der Waals surface area contributed by atoms with E-state index in [0.717, 1.165) is 0 Å². The first-order chi connectivity index (χ1) is 8.84. The Balaban J connectivity index is 4.94. The molecule has 0 aromatic heterocycles. The Morgan fingerprint density at radius 2 is 1.58 bits per heavy atom. The van der Waals surface area contributed by atoms with Crippen molar-refractivity contribution < 1.29 is 18.1 Å². The van der Waals surface area contributed by atoms with Crippen LogP contribution in [-0.4, -0.2) is 40.1 Å². The summed E-state index contributed by atoms with van der Waals surface area (Å²) in [6.07, 6.45) is 1.26. The molecular formula is C13H27NO4Si. The highest BCUT2D eigenvalue weighted by molar-refractivity contribution is 6.61. The number of hydrogen-bond acceptors (Lipinski definition) is 4. The molecule has 5 nitrogen and oxygen atoms in total. The van der Waals surface area contributed by atoms with Crippen LogP contribution >= 0.6 is 0 Å². The van der Waals surface area contributed by atoms with Crippen LogP contribution < -0.4 is 5.32 Å². The molecule has 0 saturated heterocycles. The molecule has 0 spiro atoms. The third-order valence-electron chi connectivity index (χ3n) is 2.40. The van der Waals surface area contributed by atoms with Gasteiger partial charge in [-0.3, -0.25) is 4.79 Å². The molecule has 0 aromatic carbocycles. The van der Waals surface area contributed by atoms with E-state index in [1.54, 1.807) is 0 Å². The van der Waals surface area contributed by atoms with E-state index in [1.165, 1.54) is 6.08 Å². The molecule has 1 amide bonds. The summed E-state index contributed by atoms with van der Waals surface area (Å²) in [4.78, 5) is 11.5. The van der Waals surface area contributed by atoms with Crippen LogP contribution in [0.25, 0.3) is 0 Å². The molecular weight excluding hydrogens is 262 g/mol. The largest absolute Gasteiger partial charge is 0.503 e. The summed E-state index contributed by atoms with van der Waals surface area (Å²) in [5.74, 6) is -0.211. The van der Waals surface area contributed by atoms with Crippen molar-refractivity contribution in [3.05, 3.63) is 12.7 Å². The lowest BCUT2D eigenvalue weighted by Gasteiger charge is -2.35. The minimum absolute atomic E-state index is 0.211. The maximum Gasteiger partial charge on any atom is 0.503 e. The molecule has 0 fully saturated rings. The average Bonchev–Trinajstić information content (AvgIpc) is 2.28. The standard InChI is InChI=1S/C13H27NO4Si/c1-7-12(15)14-13(5,6)11-19(16-8-2,17-9-3)18-10-4/h7H,1,8-11H2,2-6H3,(H,14,15). The maximum atomic E-state index is 11.5. The third kappa shape index (κ3) is 6.86. The molecule has 0 saturated carbocycles. The summed E-state index contributed by atoms with van der Waals surface area (Å²) in [6.45, 7) is 14.6. The summed E-state index contributed by atoms with van der Waals surface area (Å²) in [7, 11) is -2.76. The summed E-state index contributed by atoms with van der Waals surface area (Å²) in [6, 6.07) is 0.523. The minimum Gasteiger partial charge on any atom is -0.374 e. The first-order valence-corrected chi connectivity index (χ1v) is 8.64. The smallest absolute Gasteiger partial charge is 0.374 e. The van der Waals surface area contributed by atoms with Crippen molar-refractivity contribution in [2.45, 2.75) is 46.2 Å². The van der Waals surface area contributed by atoms with E-state index in [9.17, 15) is 4.79 Å². The number of nitrogens with one attached hydrogen (secondary N) is 1. The summed E-state index contributed by atoms with van der Waals surface area (Å²) in [5, 5.41) is 2.87. The summed E-state index contributed by atoms with van der Waals surface area (Å²) in [5.41, 5.74) is -0.475. The highest BCUT2D eigenvalue weighted by Crippen LogP contribution is 2.24. The minimum atomic E-state index is -2.76. The second-order valence-corrected chi connectivity index (χ2v) is 7.32. The van der Waals surface area contributed by atoms with Crippen LogP contribution in [-0.2, 0) is 18.1 Å². The Labute approximate surface area is 117 Å². The van der Waals surface area contributed by atoms with Gasteiger partial charge in [-0.25, -0.2) is 0 Å². The van der Waals surface area contributed by atoms with Gasteiger partial charge in [-0.15, -0.1) is 0 Å². The van der Waals surface area contributed by atoms with Crippen LogP contribution in [0.1, 0.15) is 34.6 Å². The molecule has 0 bridgehead atoms. The van der Waals surface area contributed by atoms with Gasteiger partial charge in [0.25, 0.3) is 0 Å². The lowest BCUT2D eigenvalue weighted by molar-refractivity contribution is -0.117. The van der Waals surface area contributed by atoms with E-state index in [2.05, 4.69) is 11.9 Å². The average molecular weight is 289 g/mol. The number of carbonyl (C=O) groups is 1. The van der Waals surface area contributed by atoms with Crippen LogP contribution in [0.2, 0.25) is 6.04 Å².